The second kappa shape index (κ2) is 10.7. The number of anilines is 1. The Morgan fingerprint density at radius 3 is 2.27 bits per heavy atom. The van der Waals surface area contributed by atoms with E-state index in [2.05, 4.69) is 25.8 Å². The van der Waals surface area contributed by atoms with Crippen LogP contribution in [0.5, 0.6) is 0 Å². The lowest BCUT2D eigenvalue weighted by Crippen LogP contribution is -2.51. The van der Waals surface area contributed by atoms with E-state index in [1.54, 1.807) is 6.20 Å². The number of nitrogens with zero attached hydrogens (tertiary/aromatic N) is 3. The van der Waals surface area contributed by atoms with Crippen molar-refractivity contribution in [2.45, 2.75) is 5.92 Å². The fourth-order valence-corrected chi connectivity index (χ4v) is 3.23. The highest BCUT2D eigenvalue weighted by Gasteiger charge is 2.28. The number of nitrogens with two attached hydrogens (primary N) is 1. The van der Waals surface area contributed by atoms with Crippen LogP contribution in [0.15, 0.2) is 53.1 Å². The number of aromatic nitrogens is 1. The Kier molecular flexibility index (Phi) is 9.36. The van der Waals surface area contributed by atoms with Gasteiger partial charge in [0, 0.05) is 43.4 Å². The van der Waals surface area contributed by atoms with E-state index in [0.717, 1.165) is 28.9 Å². The summed E-state index contributed by atoms with van der Waals surface area (Å²) in [5, 5.41) is 0. The van der Waals surface area contributed by atoms with Crippen LogP contribution in [-0.4, -0.2) is 48.5 Å². The van der Waals surface area contributed by atoms with Crippen molar-refractivity contribution >= 4 is 52.5 Å². The smallest absolute Gasteiger partial charge is 0.231 e. The van der Waals surface area contributed by atoms with Crippen LogP contribution in [0.3, 0.4) is 0 Å². The van der Waals surface area contributed by atoms with Gasteiger partial charge < -0.3 is 15.5 Å². The number of hydrogen-bond donors (Lipinski definition) is 1. The first-order valence-corrected chi connectivity index (χ1v) is 8.88. The number of amides is 1. The third-order valence-electron chi connectivity index (χ3n) is 4.36. The Hall–Kier alpha value is -1.34. The number of carbonyl (C=O) groups excluding carboxylic acids is 1. The second-order valence-electron chi connectivity index (χ2n) is 5.85. The molecule has 1 aliphatic rings. The Labute approximate surface area is 174 Å². The minimum absolute atomic E-state index is 0. The van der Waals surface area contributed by atoms with Gasteiger partial charge in [0.05, 0.1) is 5.92 Å². The van der Waals surface area contributed by atoms with Crippen molar-refractivity contribution < 1.29 is 4.79 Å². The quantitative estimate of drug-likeness (QED) is 0.759. The molecule has 0 spiro atoms. The molecule has 0 aliphatic carbocycles. The maximum atomic E-state index is 12.8. The predicted octanol–water partition coefficient (Wildman–Crippen LogP) is 3.08. The van der Waals surface area contributed by atoms with E-state index < -0.39 is 0 Å². The summed E-state index contributed by atoms with van der Waals surface area (Å²) < 4.78 is 0.966. The third kappa shape index (κ3) is 5.33. The van der Waals surface area contributed by atoms with Crippen molar-refractivity contribution in [1.29, 1.82) is 0 Å². The zero-order valence-corrected chi connectivity index (χ0v) is 17.5. The highest BCUT2D eigenvalue weighted by atomic mass is 79.9. The molecule has 1 atom stereocenters. The van der Waals surface area contributed by atoms with E-state index in [0.29, 0.717) is 19.6 Å². The molecule has 1 aliphatic heterocycles. The summed E-state index contributed by atoms with van der Waals surface area (Å²) in [6, 6.07) is 13.8. The normalized spacial score (nSPS) is 14.8. The summed E-state index contributed by atoms with van der Waals surface area (Å²) in [5.41, 5.74) is 6.86. The summed E-state index contributed by atoms with van der Waals surface area (Å²) in [6.45, 7) is 3.29. The average Bonchev–Trinajstić information content (AvgIpc) is 2.64. The van der Waals surface area contributed by atoms with Gasteiger partial charge in [-0.1, -0.05) is 30.3 Å². The van der Waals surface area contributed by atoms with Crippen LogP contribution in [0, 0.1) is 0 Å². The number of hydrogen-bond acceptors (Lipinski definition) is 4. The average molecular weight is 462 g/mol. The van der Waals surface area contributed by atoms with Crippen LogP contribution in [0.1, 0.15) is 11.5 Å². The van der Waals surface area contributed by atoms with Crippen LogP contribution in [0.4, 0.5) is 5.82 Å². The number of piperazine rings is 1. The Morgan fingerprint density at radius 1 is 1.08 bits per heavy atom. The standard InChI is InChI=1S/C18H21BrN4O.2ClH/c19-15-6-7-17(21-13-15)22-8-10-23(11-9-22)18(24)16(12-20)14-4-2-1-3-5-14;;/h1-7,13,16H,8-12,20H2;2*1H. The molecule has 3 rings (SSSR count). The molecule has 1 fully saturated rings. The number of halogens is 3. The summed E-state index contributed by atoms with van der Waals surface area (Å²) >= 11 is 3.40. The van der Waals surface area contributed by atoms with Crippen LogP contribution < -0.4 is 10.6 Å². The zero-order chi connectivity index (χ0) is 16.9. The fraction of sp³-hybridized carbons (Fsp3) is 0.333. The van der Waals surface area contributed by atoms with Crippen LogP contribution in [0.25, 0.3) is 0 Å². The van der Waals surface area contributed by atoms with E-state index in [4.69, 9.17) is 5.73 Å². The van der Waals surface area contributed by atoms with Gasteiger partial charge in [0.25, 0.3) is 0 Å². The van der Waals surface area contributed by atoms with Gasteiger partial charge in [0.1, 0.15) is 5.82 Å². The highest BCUT2D eigenvalue weighted by molar-refractivity contribution is 9.10. The first kappa shape index (κ1) is 22.7. The third-order valence-corrected chi connectivity index (χ3v) is 4.83. The number of benzene rings is 1. The molecule has 5 nitrogen and oxygen atoms in total. The summed E-state index contributed by atoms with van der Waals surface area (Å²) in [6.07, 6.45) is 1.80. The van der Waals surface area contributed by atoms with Crippen molar-refractivity contribution in [2.75, 3.05) is 37.6 Å². The number of pyridine rings is 1. The zero-order valence-electron chi connectivity index (χ0n) is 14.3. The lowest BCUT2D eigenvalue weighted by Gasteiger charge is -2.37. The molecule has 1 saturated heterocycles. The highest BCUT2D eigenvalue weighted by Crippen LogP contribution is 2.20. The minimum Gasteiger partial charge on any atom is -0.353 e. The summed E-state index contributed by atoms with van der Waals surface area (Å²) in [4.78, 5) is 21.4. The second-order valence-corrected chi connectivity index (χ2v) is 6.76. The first-order valence-electron chi connectivity index (χ1n) is 8.09. The van der Waals surface area contributed by atoms with E-state index in [9.17, 15) is 4.79 Å². The maximum Gasteiger partial charge on any atom is 0.231 e. The van der Waals surface area contributed by atoms with E-state index >= 15 is 0 Å². The Balaban J connectivity index is 0.00000169. The minimum atomic E-state index is -0.261. The molecule has 0 saturated carbocycles. The van der Waals surface area contributed by atoms with Crippen LogP contribution >= 0.6 is 40.7 Å². The topological polar surface area (TPSA) is 62.5 Å². The molecule has 1 aromatic heterocycles. The summed E-state index contributed by atoms with van der Waals surface area (Å²) in [5.74, 6) is 0.805. The van der Waals surface area contributed by atoms with Crippen LogP contribution in [0.2, 0.25) is 0 Å². The molecule has 1 aromatic carbocycles. The number of carbonyl (C=O) groups is 1. The molecule has 0 bridgehead atoms. The molecule has 142 valence electrons. The van der Waals surface area contributed by atoms with Crippen molar-refractivity contribution in [3.05, 3.63) is 58.7 Å². The molecule has 26 heavy (non-hydrogen) atoms. The molecule has 1 unspecified atom stereocenters. The van der Waals surface area contributed by atoms with E-state index in [1.165, 1.54) is 0 Å². The molecular formula is C18H23BrCl2N4O. The summed E-state index contributed by atoms with van der Waals surface area (Å²) in [7, 11) is 0. The molecule has 8 heteroatoms. The molecular weight excluding hydrogens is 439 g/mol. The Bertz CT molecular complexity index is 679. The largest absolute Gasteiger partial charge is 0.353 e. The van der Waals surface area contributed by atoms with Gasteiger partial charge in [-0.05, 0) is 33.6 Å². The van der Waals surface area contributed by atoms with Crippen molar-refractivity contribution in [3.8, 4) is 0 Å². The van der Waals surface area contributed by atoms with Crippen molar-refractivity contribution in [1.82, 2.24) is 9.88 Å². The van der Waals surface area contributed by atoms with Gasteiger partial charge in [-0.15, -0.1) is 24.8 Å². The van der Waals surface area contributed by atoms with Gasteiger partial charge in [-0.25, -0.2) is 4.98 Å². The van der Waals surface area contributed by atoms with Crippen LogP contribution in [-0.2, 0) is 4.79 Å². The van der Waals surface area contributed by atoms with E-state index in [-0.39, 0.29) is 36.6 Å². The predicted molar refractivity (Wildman–Crippen MR) is 113 cm³/mol. The molecule has 2 heterocycles. The maximum absolute atomic E-state index is 12.8. The molecule has 2 N–H and O–H groups in total. The van der Waals surface area contributed by atoms with Crippen molar-refractivity contribution in [2.24, 2.45) is 5.73 Å². The SMILES string of the molecule is Cl.Cl.NCC(C(=O)N1CCN(c2ccc(Br)cn2)CC1)c1ccccc1. The van der Waals surface area contributed by atoms with Gasteiger partial charge in [-0.2, -0.15) is 0 Å². The lowest BCUT2D eigenvalue weighted by molar-refractivity contribution is -0.132. The van der Waals surface area contributed by atoms with Gasteiger partial charge in [0.15, 0.2) is 0 Å². The fourth-order valence-electron chi connectivity index (χ4n) is 3.00. The van der Waals surface area contributed by atoms with Gasteiger partial charge in [0.2, 0.25) is 5.91 Å². The first-order chi connectivity index (χ1) is 11.7. The number of rotatable bonds is 4. The molecule has 1 amide bonds. The van der Waals surface area contributed by atoms with E-state index in [1.807, 2.05) is 47.4 Å². The lowest BCUT2D eigenvalue weighted by atomic mass is 9.97. The van der Waals surface area contributed by atoms with Gasteiger partial charge in [-0.3, -0.25) is 4.79 Å². The molecule has 0 radical (unpaired) electrons. The van der Waals surface area contributed by atoms with Gasteiger partial charge >= 0.3 is 0 Å². The Morgan fingerprint density at radius 2 is 1.73 bits per heavy atom. The van der Waals surface area contributed by atoms with Crippen molar-refractivity contribution in [3.63, 3.8) is 0 Å². The molecule has 2 aromatic rings. The monoisotopic (exact) mass is 460 g/mol.